The second-order valence-electron chi connectivity index (χ2n) is 6.09. The third-order valence-electron chi connectivity index (χ3n) is 4.01. The Morgan fingerprint density at radius 2 is 1.78 bits per heavy atom. The number of aryl methyl sites for hydroxylation is 2. The summed E-state index contributed by atoms with van der Waals surface area (Å²) >= 11 is 0. The molecule has 0 amide bonds. The third-order valence-corrected chi connectivity index (χ3v) is 4.01. The lowest BCUT2D eigenvalue weighted by atomic mass is 10.1. The van der Waals surface area contributed by atoms with E-state index in [2.05, 4.69) is 10.1 Å². The van der Waals surface area contributed by atoms with Crippen molar-refractivity contribution in [3.05, 3.63) is 46.4 Å². The predicted octanol–water partition coefficient (Wildman–Crippen LogP) is 4.11. The van der Waals surface area contributed by atoms with E-state index in [9.17, 15) is 17.6 Å². The van der Waals surface area contributed by atoms with Gasteiger partial charge in [0.15, 0.2) is 17.4 Å². The van der Waals surface area contributed by atoms with Crippen molar-refractivity contribution in [3.8, 4) is 5.75 Å². The average molecular weight is 386 g/mol. The molecule has 27 heavy (non-hydrogen) atoms. The molecule has 0 radical (unpaired) electrons. The number of aromatic nitrogens is 1. The summed E-state index contributed by atoms with van der Waals surface area (Å²) in [6, 6.07) is 1.83. The molecule has 1 aromatic carbocycles. The Kier molecular flexibility index (Phi) is 5.98. The minimum absolute atomic E-state index is 0.0844. The second-order valence-corrected chi connectivity index (χ2v) is 6.09. The highest BCUT2D eigenvalue weighted by atomic mass is 19.2. The van der Waals surface area contributed by atoms with Crippen LogP contribution in [-0.4, -0.2) is 30.8 Å². The van der Waals surface area contributed by atoms with Crippen LogP contribution in [-0.2, 0) is 11.2 Å². The lowest BCUT2D eigenvalue weighted by Crippen LogP contribution is -2.14. The average Bonchev–Trinajstić information content (AvgIpc) is 3.31. The molecular weight excluding hydrogens is 368 g/mol. The highest BCUT2D eigenvalue weighted by Crippen LogP contribution is 2.31. The topological polar surface area (TPSA) is 56.9 Å². The number of unbranched alkanes of at least 4 members (excludes halogenated alkanes) is 2. The van der Waals surface area contributed by atoms with Gasteiger partial charge in [0.1, 0.15) is 17.9 Å². The monoisotopic (exact) mass is 386 g/mol. The van der Waals surface area contributed by atoms with Crippen LogP contribution in [0, 0.1) is 30.2 Å². The van der Waals surface area contributed by atoms with E-state index in [1.807, 2.05) is 13.0 Å². The van der Waals surface area contributed by atoms with Crippen LogP contribution in [0.15, 0.2) is 15.6 Å². The molecule has 5 nitrogen and oxygen atoms in total. The highest BCUT2D eigenvalue weighted by Gasteiger charge is 2.31. The molecule has 0 fully saturated rings. The van der Waals surface area contributed by atoms with Crippen LogP contribution in [0.2, 0.25) is 0 Å². The Labute approximate surface area is 153 Å². The van der Waals surface area contributed by atoms with Gasteiger partial charge < -0.3 is 14.0 Å². The summed E-state index contributed by atoms with van der Waals surface area (Å²) in [5.74, 6) is -7.12. The Balaban J connectivity index is 1.57. The summed E-state index contributed by atoms with van der Waals surface area (Å²) in [7, 11) is 0. The van der Waals surface area contributed by atoms with E-state index in [0.717, 1.165) is 17.9 Å². The fourth-order valence-corrected chi connectivity index (χ4v) is 2.70. The van der Waals surface area contributed by atoms with Gasteiger partial charge in [0.2, 0.25) is 17.5 Å². The SMILES string of the molecule is Cc1cc(CCCCCOc2c(F)c(F)c(C3=NCCO3)c(F)c2F)on1. The maximum Gasteiger partial charge on any atom is 0.222 e. The van der Waals surface area contributed by atoms with Gasteiger partial charge >= 0.3 is 0 Å². The fraction of sp³-hybridized carbons (Fsp3) is 0.444. The van der Waals surface area contributed by atoms with E-state index >= 15 is 0 Å². The Morgan fingerprint density at radius 3 is 2.37 bits per heavy atom. The minimum atomic E-state index is -1.60. The smallest absolute Gasteiger partial charge is 0.222 e. The van der Waals surface area contributed by atoms with Gasteiger partial charge in [-0.15, -0.1) is 0 Å². The maximum atomic E-state index is 14.1. The van der Waals surface area contributed by atoms with Crippen molar-refractivity contribution in [2.75, 3.05) is 19.8 Å². The first-order valence-corrected chi connectivity index (χ1v) is 8.57. The van der Waals surface area contributed by atoms with Crippen LogP contribution >= 0.6 is 0 Å². The van der Waals surface area contributed by atoms with Crippen LogP contribution < -0.4 is 4.74 Å². The first-order valence-electron chi connectivity index (χ1n) is 8.57. The van der Waals surface area contributed by atoms with Crippen molar-refractivity contribution < 1.29 is 31.6 Å². The molecule has 0 unspecified atom stereocenters. The molecule has 0 saturated carbocycles. The molecule has 0 atom stereocenters. The van der Waals surface area contributed by atoms with Crippen LogP contribution in [0.1, 0.15) is 36.3 Å². The molecule has 1 aliphatic heterocycles. The Hall–Kier alpha value is -2.58. The standard InChI is InChI=1S/C18H18F4N2O3/c1-10-9-11(27-24-10)5-3-2-4-7-25-17-15(21)13(19)12(14(20)16(17)22)18-23-6-8-26-18/h9H,2-8H2,1H3. The van der Waals surface area contributed by atoms with Gasteiger partial charge in [-0.3, -0.25) is 0 Å². The first kappa shape index (κ1) is 19.2. The van der Waals surface area contributed by atoms with Crippen LogP contribution in [0.3, 0.4) is 0 Å². The van der Waals surface area contributed by atoms with E-state index in [1.54, 1.807) is 0 Å². The van der Waals surface area contributed by atoms with Gasteiger partial charge in [0.05, 0.1) is 18.8 Å². The normalized spacial score (nSPS) is 13.6. The third kappa shape index (κ3) is 4.23. The number of nitrogens with zero attached hydrogens (tertiary/aromatic N) is 2. The molecule has 1 aliphatic rings. The minimum Gasteiger partial charge on any atom is -0.487 e. The largest absolute Gasteiger partial charge is 0.487 e. The zero-order valence-electron chi connectivity index (χ0n) is 14.7. The van der Waals surface area contributed by atoms with E-state index in [4.69, 9.17) is 14.0 Å². The maximum absolute atomic E-state index is 14.1. The summed E-state index contributed by atoms with van der Waals surface area (Å²) in [6.45, 7) is 2.00. The van der Waals surface area contributed by atoms with Gasteiger partial charge in [-0.1, -0.05) is 5.16 Å². The van der Waals surface area contributed by atoms with Crippen molar-refractivity contribution in [2.45, 2.75) is 32.6 Å². The van der Waals surface area contributed by atoms with Gasteiger partial charge in [-0.2, -0.15) is 8.78 Å². The molecule has 3 rings (SSSR count). The van der Waals surface area contributed by atoms with Crippen LogP contribution in [0.5, 0.6) is 5.75 Å². The van der Waals surface area contributed by atoms with E-state index in [0.29, 0.717) is 19.3 Å². The fourth-order valence-electron chi connectivity index (χ4n) is 2.70. The molecule has 0 N–H and O–H groups in total. The highest BCUT2D eigenvalue weighted by molar-refractivity contribution is 5.95. The summed E-state index contributed by atoms with van der Waals surface area (Å²) in [6.07, 6.45) is 2.55. The number of aliphatic imine (C=N–C) groups is 1. The molecule has 0 saturated heterocycles. The van der Waals surface area contributed by atoms with Crippen molar-refractivity contribution in [1.29, 1.82) is 0 Å². The first-order chi connectivity index (χ1) is 13.0. The summed E-state index contributed by atoms with van der Waals surface area (Å²) in [5, 5.41) is 3.77. The summed E-state index contributed by atoms with van der Waals surface area (Å²) in [4.78, 5) is 3.69. The van der Waals surface area contributed by atoms with Gasteiger partial charge in [0.25, 0.3) is 0 Å². The van der Waals surface area contributed by atoms with Gasteiger partial charge in [-0.25, -0.2) is 13.8 Å². The lowest BCUT2D eigenvalue weighted by molar-refractivity contribution is 0.262. The zero-order chi connectivity index (χ0) is 19.4. The van der Waals surface area contributed by atoms with Crippen molar-refractivity contribution in [3.63, 3.8) is 0 Å². The number of rotatable bonds is 8. The molecule has 2 aromatic rings. The van der Waals surface area contributed by atoms with Gasteiger partial charge in [0, 0.05) is 12.5 Å². The lowest BCUT2D eigenvalue weighted by Gasteiger charge is -2.12. The van der Waals surface area contributed by atoms with Crippen molar-refractivity contribution in [1.82, 2.24) is 5.16 Å². The Bertz CT molecular complexity index is 822. The number of hydrogen-bond acceptors (Lipinski definition) is 5. The molecule has 0 spiro atoms. The summed E-state index contributed by atoms with van der Waals surface area (Å²) in [5.41, 5.74) is -0.155. The molecular formula is C18H18F4N2O3. The number of benzene rings is 1. The summed E-state index contributed by atoms with van der Waals surface area (Å²) < 4.78 is 71.4. The predicted molar refractivity (Wildman–Crippen MR) is 87.9 cm³/mol. The second kappa shape index (κ2) is 8.41. The molecule has 146 valence electrons. The van der Waals surface area contributed by atoms with E-state index in [-0.39, 0.29) is 19.8 Å². The van der Waals surface area contributed by atoms with Crippen molar-refractivity contribution in [2.24, 2.45) is 4.99 Å². The molecule has 9 heteroatoms. The molecule has 2 heterocycles. The molecule has 1 aromatic heterocycles. The number of hydrogen-bond donors (Lipinski definition) is 0. The number of halogens is 4. The van der Waals surface area contributed by atoms with Gasteiger partial charge in [-0.05, 0) is 26.2 Å². The van der Waals surface area contributed by atoms with E-state index in [1.165, 1.54) is 0 Å². The molecule has 0 bridgehead atoms. The quantitative estimate of drug-likeness (QED) is 0.389. The number of ether oxygens (including phenoxy) is 2. The molecule has 0 aliphatic carbocycles. The van der Waals surface area contributed by atoms with Crippen LogP contribution in [0.25, 0.3) is 0 Å². The van der Waals surface area contributed by atoms with E-state index < -0.39 is 40.5 Å². The zero-order valence-corrected chi connectivity index (χ0v) is 14.7. The van der Waals surface area contributed by atoms with Crippen molar-refractivity contribution >= 4 is 5.90 Å². The Morgan fingerprint density at radius 1 is 1.04 bits per heavy atom. The van der Waals surface area contributed by atoms with Crippen LogP contribution in [0.4, 0.5) is 17.6 Å².